The van der Waals surface area contributed by atoms with Crippen molar-refractivity contribution in [1.82, 2.24) is 4.98 Å². The van der Waals surface area contributed by atoms with Gasteiger partial charge in [-0.15, -0.1) is 0 Å². The van der Waals surface area contributed by atoms with Crippen molar-refractivity contribution in [2.45, 2.75) is 26.2 Å². The molecule has 0 radical (unpaired) electrons. The van der Waals surface area contributed by atoms with Crippen molar-refractivity contribution >= 4 is 11.4 Å². The molecule has 0 aliphatic rings. The minimum atomic E-state index is -0.00303. The van der Waals surface area contributed by atoms with Gasteiger partial charge in [0.1, 0.15) is 0 Å². The first-order valence-corrected chi connectivity index (χ1v) is 4.39. The van der Waals surface area contributed by atoms with Crippen LogP contribution in [0.4, 0.5) is 11.4 Å². The predicted octanol–water partition coefficient (Wildman–Crippen LogP) is 2.00. The average molecular weight is 179 g/mol. The zero-order valence-electron chi connectivity index (χ0n) is 8.68. The number of hydrogen-bond acceptors (Lipinski definition) is 3. The number of pyridine rings is 1. The van der Waals surface area contributed by atoms with Crippen LogP contribution in [0.2, 0.25) is 0 Å². The van der Waals surface area contributed by atoms with Gasteiger partial charge in [-0.1, -0.05) is 20.8 Å². The van der Waals surface area contributed by atoms with Crippen LogP contribution in [0.1, 0.15) is 26.5 Å². The highest BCUT2D eigenvalue weighted by Crippen LogP contribution is 2.29. The molecular formula is C10H17N3. The SMILES string of the molecule is CNc1ccnc(C(C)(C)C)c1N. The van der Waals surface area contributed by atoms with Crippen LogP contribution >= 0.6 is 0 Å². The van der Waals surface area contributed by atoms with Gasteiger partial charge in [0, 0.05) is 18.7 Å². The Labute approximate surface area is 79.4 Å². The van der Waals surface area contributed by atoms with E-state index in [1.165, 1.54) is 0 Å². The topological polar surface area (TPSA) is 50.9 Å². The van der Waals surface area contributed by atoms with E-state index in [0.717, 1.165) is 17.1 Å². The summed E-state index contributed by atoms with van der Waals surface area (Å²) in [6.07, 6.45) is 1.78. The minimum absolute atomic E-state index is 0.00303. The largest absolute Gasteiger partial charge is 0.396 e. The molecule has 72 valence electrons. The number of rotatable bonds is 1. The molecule has 3 nitrogen and oxygen atoms in total. The van der Waals surface area contributed by atoms with Crippen molar-refractivity contribution < 1.29 is 0 Å². The van der Waals surface area contributed by atoms with Crippen LogP contribution < -0.4 is 11.1 Å². The quantitative estimate of drug-likeness (QED) is 0.693. The number of nitrogens with zero attached hydrogens (tertiary/aromatic N) is 1. The van der Waals surface area contributed by atoms with Crippen molar-refractivity contribution in [3.8, 4) is 0 Å². The summed E-state index contributed by atoms with van der Waals surface area (Å²) in [6, 6.07) is 1.88. The maximum atomic E-state index is 5.95. The van der Waals surface area contributed by atoms with Crippen LogP contribution in [-0.2, 0) is 5.41 Å². The van der Waals surface area contributed by atoms with E-state index in [9.17, 15) is 0 Å². The van der Waals surface area contributed by atoms with Crippen LogP contribution in [0.3, 0.4) is 0 Å². The Balaban J connectivity index is 3.24. The molecule has 1 heterocycles. The molecule has 0 bridgehead atoms. The second-order valence-electron chi connectivity index (χ2n) is 4.12. The van der Waals surface area contributed by atoms with E-state index in [2.05, 4.69) is 31.1 Å². The van der Waals surface area contributed by atoms with Gasteiger partial charge in [-0.3, -0.25) is 4.98 Å². The summed E-state index contributed by atoms with van der Waals surface area (Å²) < 4.78 is 0. The predicted molar refractivity (Wildman–Crippen MR) is 56.9 cm³/mol. The maximum absolute atomic E-state index is 5.95. The number of nitrogens with one attached hydrogen (secondary N) is 1. The molecule has 0 atom stereocenters. The third-order valence-electron chi connectivity index (χ3n) is 1.97. The number of hydrogen-bond donors (Lipinski definition) is 2. The van der Waals surface area contributed by atoms with Crippen LogP contribution in [0.25, 0.3) is 0 Å². The zero-order chi connectivity index (χ0) is 10.1. The number of anilines is 2. The maximum Gasteiger partial charge on any atom is 0.0774 e. The molecule has 0 saturated heterocycles. The average Bonchev–Trinajstić information content (AvgIpc) is 2.02. The third-order valence-corrected chi connectivity index (χ3v) is 1.97. The van der Waals surface area contributed by atoms with Gasteiger partial charge in [-0.05, 0) is 6.07 Å². The Hall–Kier alpha value is -1.25. The van der Waals surface area contributed by atoms with Gasteiger partial charge in [0.05, 0.1) is 17.1 Å². The lowest BCUT2D eigenvalue weighted by Gasteiger charge is -2.21. The molecule has 0 spiro atoms. The lowest BCUT2D eigenvalue weighted by Crippen LogP contribution is -2.17. The molecule has 0 aromatic carbocycles. The van der Waals surface area contributed by atoms with E-state index in [4.69, 9.17) is 5.73 Å². The minimum Gasteiger partial charge on any atom is -0.396 e. The normalized spacial score (nSPS) is 11.4. The van der Waals surface area contributed by atoms with Crippen LogP contribution in [0.15, 0.2) is 12.3 Å². The Morgan fingerprint density at radius 1 is 1.38 bits per heavy atom. The van der Waals surface area contributed by atoms with E-state index < -0.39 is 0 Å². The summed E-state index contributed by atoms with van der Waals surface area (Å²) in [5.41, 5.74) is 8.59. The first kappa shape index (κ1) is 9.84. The molecule has 3 heteroatoms. The van der Waals surface area contributed by atoms with E-state index in [-0.39, 0.29) is 5.41 Å². The van der Waals surface area contributed by atoms with E-state index in [1.807, 2.05) is 13.1 Å². The summed E-state index contributed by atoms with van der Waals surface area (Å²) >= 11 is 0. The summed E-state index contributed by atoms with van der Waals surface area (Å²) in [5, 5.41) is 3.04. The van der Waals surface area contributed by atoms with Crippen LogP contribution in [0.5, 0.6) is 0 Å². The van der Waals surface area contributed by atoms with Gasteiger partial charge >= 0.3 is 0 Å². The smallest absolute Gasteiger partial charge is 0.0774 e. The van der Waals surface area contributed by atoms with Crippen molar-refractivity contribution in [1.29, 1.82) is 0 Å². The fraction of sp³-hybridized carbons (Fsp3) is 0.500. The monoisotopic (exact) mass is 179 g/mol. The molecule has 13 heavy (non-hydrogen) atoms. The van der Waals surface area contributed by atoms with Crippen LogP contribution in [0, 0.1) is 0 Å². The first-order chi connectivity index (χ1) is 5.96. The van der Waals surface area contributed by atoms with Gasteiger partial charge < -0.3 is 11.1 Å². The van der Waals surface area contributed by atoms with Crippen molar-refractivity contribution in [3.63, 3.8) is 0 Å². The Bertz CT molecular complexity index is 300. The molecule has 0 fully saturated rings. The molecule has 1 aromatic heterocycles. The fourth-order valence-electron chi connectivity index (χ4n) is 1.29. The highest BCUT2D eigenvalue weighted by molar-refractivity contribution is 5.68. The van der Waals surface area contributed by atoms with Crippen molar-refractivity contribution in [3.05, 3.63) is 18.0 Å². The number of nitrogen functional groups attached to an aromatic ring is 1. The molecule has 0 saturated carbocycles. The van der Waals surface area contributed by atoms with E-state index in [0.29, 0.717) is 0 Å². The van der Waals surface area contributed by atoms with E-state index in [1.54, 1.807) is 6.20 Å². The van der Waals surface area contributed by atoms with Gasteiger partial charge in [-0.2, -0.15) is 0 Å². The first-order valence-electron chi connectivity index (χ1n) is 4.39. The molecule has 1 aromatic rings. The summed E-state index contributed by atoms with van der Waals surface area (Å²) in [7, 11) is 1.86. The van der Waals surface area contributed by atoms with Gasteiger partial charge in [0.2, 0.25) is 0 Å². The van der Waals surface area contributed by atoms with Gasteiger partial charge in [0.15, 0.2) is 0 Å². The zero-order valence-corrected chi connectivity index (χ0v) is 8.68. The molecule has 3 N–H and O–H groups in total. The summed E-state index contributed by atoms with van der Waals surface area (Å²) in [6.45, 7) is 6.31. The second-order valence-corrected chi connectivity index (χ2v) is 4.12. The number of aromatic nitrogens is 1. The fourth-order valence-corrected chi connectivity index (χ4v) is 1.29. The van der Waals surface area contributed by atoms with Crippen molar-refractivity contribution in [2.24, 2.45) is 0 Å². The molecule has 0 amide bonds. The van der Waals surface area contributed by atoms with Crippen molar-refractivity contribution in [2.75, 3.05) is 18.1 Å². The van der Waals surface area contributed by atoms with Crippen LogP contribution in [-0.4, -0.2) is 12.0 Å². The Morgan fingerprint density at radius 2 is 2.00 bits per heavy atom. The lowest BCUT2D eigenvalue weighted by atomic mass is 9.90. The van der Waals surface area contributed by atoms with Gasteiger partial charge in [-0.25, -0.2) is 0 Å². The highest BCUT2D eigenvalue weighted by Gasteiger charge is 2.19. The molecule has 0 aliphatic carbocycles. The molecule has 0 aliphatic heterocycles. The third kappa shape index (κ3) is 1.91. The second kappa shape index (κ2) is 3.24. The molecular weight excluding hydrogens is 162 g/mol. The number of nitrogens with two attached hydrogens (primary N) is 1. The Kier molecular flexibility index (Phi) is 2.45. The molecule has 0 unspecified atom stereocenters. The standard InChI is InChI=1S/C10H17N3/c1-10(2,3)9-8(11)7(12-4)5-6-13-9/h5-6H,11H2,1-4H3,(H,12,13). The Morgan fingerprint density at radius 3 is 2.46 bits per heavy atom. The molecule has 1 rings (SSSR count). The van der Waals surface area contributed by atoms with Gasteiger partial charge in [0.25, 0.3) is 0 Å². The highest BCUT2D eigenvalue weighted by atomic mass is 14.9. The summed E-state index contributed by atoms with van der Waals surface area (Å²) in [5.74, 6) is 0. The lowest BCUT2D eigenvalue weighted by molar-refractivity contribution is 0.572. The van der Waals surface area contributed by atoms with E-state index >= 15 is 0 Å². The summed E-state index contributed by atoms with van der Waals surface area (Å²) in [4.78, 5) is 4.29.